The summed E-state index contributed by atoms with van der Waals surface area (Å²) < 4.78 is 13.9. The first-order chi connectivity index (χ1) is 10.4. The van der Waals surface area contributed by atoms with Gasteiger partial charge < -0.3 is 5.73 Å². The molecule has 0 spiro atoms. The van der Waals surface area contributed by atoms with Crippen LogP contribution in [0.15, 0.2) is 30.4 Å². The fourth-order valence-electron chi connectivity index (χ4n) is 2.05. The normalized spacial score (nSPS) is 19.1. The van der Waals surface area contributed by atoms with E-state index in [0.29, 0.717) is 0 Å². The monoisotopic (exact) mass is 316 g/mol. The van der Waals surface area contributed by atoms with Crippen molar-refractivity contribution in [3.63, 3.8) is 0 Å². The summed E-state index contributed by atoms with van der Waals surface area (Å²) in [6.45, 7) is 7.51. The Morgan fingerprint density at radius 3 is 2.55 bits per heavy atom. The van der Waals surface area contributed by atoms with E-state index in [1.54, 1.807) is 29.6 Å². The molecule has 3 rings (SSSR count). The summed E-state index contributed by atoms with van der Waals surface area (Å²) in [4.78, 5) is 5.57. The van der Waals surface area contributed by atoms with Gasteiger partial charge >= 0.3 is 0 Å². The number of rotatable bonds is 1. The highest BCUT2D eigenvalue weighted by molar-refractivity contribution is 7.16. The Labute approximate surface area is 135 Å². The number of hydrogen-bond donors (Lipinski definition) is 1. The largest absolute Gasteiger partial charge is 0.399 e. The highest BCUT2D eigenvalue weighted by atomic mass is 32.1. The number of benzene rings is 1. The van der Waals surface area contributed by atoms with Crippen molar-refractivity contribution in [2.45, 2.75) is 33.4 Å². The molecule has 2 nitrogen and oxygen atoms in total. The first kappa shape index (κ1) is 16.4. The third-order valence-corrected chi connectivity index (χ3v) is 4.41. The third kappa shape index (κ3) is 3.45. The molecular weight excluding hydrogens is 295 g/mol. The van der Waals surface area contributed by atoms with E-state index in [9.17, 15) is 4.39 Å². The fourth-order valence-corrected chi connectivity index (χ4v) is 3.00. The predicted molar refractivity (Wildman–Crippen MR) is 95.6 cm³/mol. The highest BCUT2D eigenvalue weighted by Gasteiger charge is 2.19. The van der Waals surface area contributed by atoms with E-state index in [2.05, 4.69) is 4.98 Å². The minimum atomic E-state index is -1.40. The maximum Gasteiger partial charge on any atom is 0.145 e. The van der Waals surface area contributed by atoms with Crippen molar-refractivity contribution in [3.8, 4) is 10.6 Å². The molecule has 22 heavy (non-hydrogen) atoms. The molecule has 0 saturated heterocycles. The summed E-state index contributed by atoms with van der Waals surface area (Å²) in [6.07, 6.45) is 6.65. The van der Waals surface area contributed by atoms with Crippen LogP contribution in [0.1, 0.15) is 36.9 Å². The lowest BCUT2D eigenvalue weighted by molar-refractivity contribution is 0.331. The SMILES string of the molecule is CC.Cc1cc(-c2nc3c(s2)C=CC(C)(F)C=C3)ccc1N. The second kappa shape index (κ2) is 6.44. The molecule has 1 aliphatic carbocycles. The van der Waals surface area contributed by atoms with Gasteiger partial charge in [0.05, 0.1) is 10.6 Å². The number of nitrogen functional groups attached to an aromatic ring is 1. The molecule has 4 heteroatoms. The minimum Gasteiger partial charge on any atom is -0.399 e. The smallest absolute Gasteiger partial charge is 0.145 e. The Kier molecular flexibility index (Phi) is 4.81. The molecule has 2 N–H and O–H groups in total. The molecule has 1 heterocycles. The Morgan fingerprint density at radius 1 is 1.18 bits per heavy atom. The lowest BCUT2D eigenvalue weighted by Crippen LogP contribution is -2.07. The van der Waals surface area contributed by atoms with E-state index < -0.39 is 5.67 Å². The van der Waals surface area contributed by atoms with Gasteiger partial charge in [0.1, 0.15) is 10.7 Å². The van der Waals surface area contributed by atoms with Crippen LogP contribution in [0.5, 0.6) is 0 Å². The second-order valence-electron chi connectivity index (χ2n) is 5.16. The van der Waals surface area contributed by atoms with E-state index in [1.165, 1.54) is 13.0 Å². The molecule has 0 saturated carbocycles. The summed E-state index contributed by atoms with van der Waals surface area (Å²) in [5.41, 5.74) is 8.10. The number of nitrogens with two attached hydrogens (primary N) is 1. The minimum absolute atomic E-state index is 0.778. The van der Waals surface area contributed by atoms with Gasteiger partial charge in [-0.25, -0.2) is 9.37 Å². The lowest BCUT2D eigenvalue weighted by Gasteiger charge is -2.06. The quantitative estimate of drug-likeness (QED) is 0.706. The van der Waals surface area contributed by atoms with Gasteiger partial charge in [-0.2, -0.15) is 0 Å². The van der Waals surface area contributed by atoms with Gasteiger partial charge in [0.2, 0.25) is 0 Å². The van der Waals surface area contributed by atoms with Gasteiger partial charge in [-0.3, -0.25) is 0 Å². The first-order valence-electron chi connectivity index (χ1n) is 7.39. The molecule has 1 aromatic carbocycles. The molecule has 1 atom stereocenters. The first-order valence-corrected chi connectivity index (χ1v) is 8.21. The summed E-state index contributed by atoms with van der Waals surface area (Å²) >= 11 is 1.56. The van der Waals surface area contributed by atoms with E-state index in [4.69, 9.17) is 5.73 Å². The van der Waals surface area contributed by atoms with Gasteiger partial charge in [-0.1, -0.05) is 13.8 Å². The third-order valence-electron chi connectivity index (χ3n) is 3.33. The molecule has 1 aliphatic rings. The summed E-state index contributed by atoms with van der Waals surface area (Å²) in [6, 6.07) is 5.88. The predicted octanol–water partition coefficient (Wildman–Crippen LogP) is 5.50. The Hall–Kier alpha value is -1.94. The zero-order chi connectivity index (χ0) is 16.3. The zero-order valence-corrected chi connectivity index (χ0v) is 14.2. The van der Waals surface area contributed by atoms with Crippen LogP contribution in [0, 0.1) is 6.92 Å². The number of halogens is 1. The lowest BCUT2D eigenvalue weighted by atomic mass is 10.1. The number of thiazole rings is 1. The number of aromatic nitrogens is 1. The van der Waals surface area contributed by atoms with Crippen molar-refractivity contribution in [2.24, 2.45) is 0 Å². The number of allylic oxidation sites excluding steroid dienone is 2. The molecule has 116 valence electrons. The van der Waals surface area contributed by atoms with Crippen molar-refractivity contribution in [1.82, 2.24) is 4.98 Å². The van der Waals surface area contributed by atoms with Crippen LogP contribution < -0.4 is 5.73 Å². The van der Waals surface area contributed by atoms with Crippen molar-refractivity contribution < 1.29 is 4.39 Å². The van der Waals surface area contributed by atoms with E-state index >= 15 is 0 Å². The summed E-state index contributed by atoms with van der Waals surface area (Å²) in [5.74, 6) is 0. The van der Waals surface area contributed by atoms with Crippen molar-refractivity contribution in [1.29, 1.82) is 0 Å². The van der Waals surface area contributed by atoms with Crippen LogP contribution in [0.25, 0.3) is 22.7 Å². The van der Waals surface area contributed by atoms with Crippen LogP contribution in [-0.2, 0) is 0 Å². The average molecular weight is 316 g/mol. The number of hydrogen-bond acceptors (Lipinski definition) is 3. The van der Waals surface area contributed by atoms with E-state index in [1.807, 2.05) is 39.0 Å². The zero-order valence-electron chi connectivity index (χ0n) is 13.4. The summed E-state index contributed by atoms with van der Waals surface area (Å²) in [5, 5.41) is 0.926. The average Bonchev–Trinajstić information content (AvgIpc) is 2.86. The van der Waals surface area contributed by atoms with Crippen LogP contribution in [0.3, 0.4) is 0 Å². The van der Waals surface area contributed by atoms with Gasteiger partial charge in [0.15, 0.2) is 0 Å². The molecule has 0 fully saturated rings. The van der Waals surface area contributed by atoms with Gasteiger partial charge in [0.25, 0.3) is 0 Å². The van der Waals surface area contributed by atoms with Gasteiger partial charge in [0, 0.05) is 11.3 Å². The molecule has 0 amide bonds. The van der Waals surface area contributed by atoms with Gasteiger partial charge in [-0.05, 0) is 61.9 Å². The van der Waals surface area contributed by atoms with Crippen LogP contribution >= 0.6 is 11.3 Å². The standard InChI is InChI=1S/C16H15FN2S.C2H6/c1-10-9-11(3-4-12(10)18)15-19-13-5-7-16(2,17)8-6-14(13)20-15;1-2/h3-9H,18H2,1-2H3;1-2H3. The number of alkyl halides is 1. The van der Waals surface area contributed by atoms with Crippen LogP contribution in [0.4, 0.5) is 10.1 Å². The number of fused-ring (bicyclic) bond motifs is 1. The molecule has 0 radical (unpaired) electrons. The Morgan fingerprint density at radius 2 is 1.86 bits per heavy atom. The topological polar surface area (TPSA) is 38.9 Å². The van der Waals surface area contributed by atoms with Crippen molar-refractivity contribution in [3.05, 3.63) is 46.5 Å². The molecule has 2 aromatic rings. The Balaban J connectivity index is 0.000000847. The highest BCUT2D eigenvalue weighted by Crippen LogP contribution is 2.34. The van der Waals surface area contributed by atoms with Gasteiger partial charge in [-0.15, -0.1) is 11.3 Å². The maximum atomic E-state index is 13.9. The molecule has 1 unspecified atom stereocenters. The van der Waals surface area contributed by atoms with Crippen LogP contribution in [0.2, 0.25) is 0 Å². The second-order valence-corrected chi connectivity index (χ2v) is 6.19. The number of anilines is 1. The van der Waals surface area contributed by atoms with Crippen molar-refractivity contribution in [2.75, 3.05) is 5.73 Å². The molecular formula is C18H21FN2S. The molecule has 0 bridgehead atoms. The Bertz CT molecular complexity index is 693. The number of nitrogens with zero attached hydrogens (tertiary/aromatic N) is 1. The summed E-state index contributed by atoms with van der Waals surface area (Å²) in [7, 11) is 0. The molecule has 0 aliphatic heterocycles. The van der Waals surface area contributed by atoms with Crippen molar-refractivity contribution >= 4 is 29.2 Å². The number of aryl methyl sites for hydroxylation is 1. The fraction of sp³-hybridized carbons (Fsp3) is 0.278. The maximum absolute atomic E-state index is 13.9. The molecule has 1 aromatic heterocycles. The van der Waals surface area contributed by atoms with E-state index in [-0.39, 0.29) is 0 Å². The van der Waals surface area contributed by atoms with Crippen LogP contribution in [-0.4, -0.2) is 10.7 Å². The van der Waals surface area contributed by atoms with E-state index in [0.717, 1.165) is 32.4 Å².